The molecular weight excluding hydrogens is 237 g/mol. The third-order valence-electron chi connectivity index (χ3n) is 0.653. The van der Waals surface area contributed by atoms with Crippen molar-refractivity contribution in [1.82, 2.24) is 0 Å². The molecule has 0 saturated carbocycles. The molecule has 5 nitrogen and oxygen atoms in total. The number of halogens is 1. The van der Waals surface area contributed by atoms with E-state index in [1.54, 1.807) is 0 Å². The molecule has 0 spiro atoms. The zero-order valence-corrected chi connectivity index (χ0v) is 10.8. The molecule has 0 fully saturated rings. The molecule has 70 valence electrons. The zero-order chi connectivity index (χ0) is 8.15. The fraction of sp³-hybridized carbons (Fsp3) is 0.667. The first-order valence-corrected chi connectivity index (χ1v) is 3.93. The third-order valence-corrected chi connectivity index (χ3v) is 1.35. The van der Waals surface area contributed by atoms with Crippen LogP contribution in [0, 0.1) is 0 Å². The molecule has 0 aromatic heterocycles. The monoisotopic (exact) mass is 245 g/mol. The molecule has 1 unspecified atom stereocenters. The second-order valence-electron chi connectivity index (χ2n) is 1.41. The average Bonchev–Trinajstić information content (AvgIpc) is 1.85. The van der Waals surface area contributed by atoms with Crippen LogP contribution in [0.2, 0.25) is 0 Å². The van der Waals surface area contributed by atoms with Crippen LogP contribution in [-0.4, -0.2) is 26.5 Å². The van der Waals surface area contributed by atoms with Crippen LogP contribution in [0.15, 0.2) is 0 Å². The number of rotatable bonds is 3. The van der Waals surface area contributed by atoms with E-state index >= 15 is 0 Å². The first kappa shape index (κ1) is 18.9. The van der Waals surface area contributed by atoms with Crippen molar-refractivity contribution in [2.45, 2.75) is 6.04 Å². The van der Waals surface area contributed by atoms with Gasteiger partial charge in [-0.25, -0.2) is 4.79 Å². The normalized spacial score (nSPS) is 13.2. The Balaban J connectivity index is -0.000000135. The molecule has 0 aromatic rings. The Morgan fingerprint density at radius 1 is 1.83 bits per heavy atom. The van der Waals surface area contributed by atoms with Crippen molar-refractivity contribution in [3.05, 3.63) is 0 Å². The van der Waals surface area contributed by atoms with Crippen LogP contribution >= 0.6 is 25.0 Å². The van der Waals surface area contributed by atoms with E-state index in [-0.39, 0.29) is 49.1 Å². The number of thiol groups is 1. The minimum Gasteiger partial charge on any atom is -1.00 e. The molecule has 0 amide bonds. The minimum absolute atomic E-state index is 0. The van der Waals surface area contributed by atoms with Gasteiger partial charge in [-0.2, -0.15) is 16.8 Å². The van der Waals surface area contributed by atoms with Crippen LogP contribution in [0.5, 0.6) is 0 Å². The van der Waals surface area contributed by atoms with Gasteiger partial charge in [-0.15, -0.1) is 12.4 Å². The van der Waals surface area contributed by atoms with Gasteiger partial charge in [-0.05, 0) is 0 Å². The van der Waals surface area contributed by atoms with Crippen LogP contribution in [0.3, 0.4) is 0 Å². The maximum atomic E-state index is 10.4. The number of hydrogen-bond donors (Lipinski definition) is 3. The second kappa shape index (κ2) is 10.3. The Hall–Kier alpha value is 1.18. The molecular formula is C3H9ClNNaO4S2. The summed E-state index contributed by atoms with van der Waals surface area (Å²) in [5.41, 5.74) is 5.07. The molecule has 0 bridgehead atoms. The van der Waals surface area contributed by atoms with E-state index in [2.05, 4.69) is 16.8 Å². The second-order valence-corrected chi connectivity index (χ2v) is 2.37. The number of carbonyl (C=O) groups is 1. The summed E-state index contributed by atoms with van der Waals surface area (Å²) in [6.45, 7) is 0. The Kier molecular flexibility index (Phi) is 16.1. The predicted octanol–water partition coefficient (Wildman–Crippen LogP) is -3.54. The number of nitrogens with two attached hydrogens (primary N) is 1. The van der Waals surface area contributed by atoms with Gasteiger partial charge in [-0.1, -0.05) is 0 Å². The average molecular weight is 246 g/mol. The minimum atomic E-state index is -2.58. The first-order chi connectivity index (χ1) is 4.57. The zero-order valence-electron chi connectivity index (χ0n) is 7.30. The predicted molar refractivity (Wildman–Crippen MR) is 47.1 cm³/mol. The van der Waals surface area contributed by atoms with E-state index in [4.69, 9.17) is 10.3 Å². The molecule has 3 N–H and O–H groups in total. The molecule has 2 atom stereocenters. The van der Waals surface area contributed by atoms with Crippen LogP contribution in [0.25, 0.3) is 0 Å². The van der Waals surface area contributed by atoms with Crippen molar-refractivity contribution in [2.75, 3.05) is 5.75 Å². The maximum absolute atomic E-state index is 10.4. The maximum Gasteiger partial charge on any atom is 1.00 e. The molecule has 0 saturated heterocycles. The van der Waals surface area contributed by atoms with Gasteiger partial charge in [-0.3, -0.25) is 4.55 Å². The summed E-state index contributed by atoms with van der Waals surface area (Å²) in [6, 6.07) is -0.945. The smallest absolute Gasteiger partial charge is 1.00 e. The van der Waals surface area contributed by atoms with Gasteiger partial charge in [0.2, 0.25) is 0 Å². The van der Waals surface area contributed by atoms with Gasteiger partial charge < -0.3 is 11.3 Å². The van der Waals surface area contributed by atoms with E-state index in [9.17, 15) is 9.00 Å². The van der Waals surface area contributed by atoms with Gasteiger partial charge in [0.1, 0.15) is 6.04 Å². The van der Waals surface area contributed by atoms with Crippen molar-refractivity contribution < 1.29 is 48.7 Å². The Morgan fingerprint density at radius 3 is 2.50 bits per heavy atom. The third kappa shape index (κ3) is 9.27. The summed E-state index contributed by atoms with van der Waals surface area (Å²) in [4.78, 5) is 10.4. The van der Waals surface area contributed by atoms with Crippen molar-refractivity contribution in [1.29, 1.82) is 0 Å². The summed E-state index contributed by atoms with van der Waals surface area (Å²) < 4.78 is 21.7. The van der Waals surface area contributed by atoms with E-state index in [0.29, 0.717) is 0 Å². The van der Waals surface area contributed by atoms with Gasteiger partial charge in [0.25, 0.3) is 0 Å². The molecule has 0 aliphatic carbocycles. The van der Waals surface area contributed by atoms with Crippen LogP contribution in [0.1, 0.15) is 1.43 Å². The SMILES string of the molecule is Cl.N[C@@H](CS)C(=O)OS(=O)O.[H-].[Na+]. The van der Waals surface area contributed by atoms with E-state index in [1.807, 2.05) is 0 Å². The molecule has 0 radical (unpaired) electrons. The molecule has 0 aliphatic heterocycles. The van der Waals surface area contributed by atoms with Crippen LogP contribution in [0.4, 0.5) is 0 Å². The summed E-state index contributed by atoms with van der Waals surface area (Å²) in [6.07, 6.45) is 0. The Bertz CT molecular complexity index is 164. The van der Waals surface area contributed by atoms with Crippen molar-refractivity contribution in [3.8, 4) is 0 Å². The Labute approximate surface area is 108 Å². The van der Waals surface area contributed by atoms with Gasteiger partial charge in [0, 0.05) is 5.75 Å². The molecule has 12 heavy (non-hydrogen) atoms. The van der Waals surface area contributed by atoms with Crippen molar-refractivity contribution >= 4 is 42.4 Å². The van der Waals surface area contributed by atoms with Crippen molar-refractivity contribution in [3.63, 3.8) is 0 Å². The van der Waals surface area contributed by atoms with Gasteiger partial charge in [0.05, 0.1) is 0 Å². The molecule has 9 heteroatoms. The molecule has 0 aromatic carbocycles. The molecule has 0 rings (SSSR count). The topological polar surface area (TPSA) is 89.6 Å². The van der Waals surface area contributed by atoms with E-state index in [1.165, 1.54) is 0 Å². The standard InChI is InChI=1S/C3H7NO4S2.ClH.Na.H/c4-2(1-9)3(5)8-10(6)7;;;/h2,9H,1,4H2,(H,6,7);1H;;/q;;+1;-1/t2-;;;/m0.../s1. The molecule has 0 aliphatic rings. The van der Waals surface area contributed by atoms with Crippen LogP contribution < -0.4 is 35.3 Å². The molecule has 0 heterocycles. The van der Waals surface area contributed by atoms with Gasteiger partial charge >= 0.3 is 46.9 Å². The number of carbonyl (C=O) groups excluding carboxylic acids is 1. The largest absolute Gasteiger partial charge is 1.00 e. The first-order valence-electron chi connectivity index (χ1n) is 2.27. The summed E-state index contributed by atoms with van der Waals surface area (Å²) in [5, 5.41) is 0. The number of hydrogen-bond acceptors (Lipinski definition) is 5. The van der Waals surface area contributed by atoms with Crippen molar-refractivity contribution in [2.24, 2.45) is 5.73 Å². The summed E-state index contributed by atoms with van der Waals surface area (Å²) in [7, 11) is 0. The summed E-state index contributed by atoms with van der Waals surface area (Å²) >= 11 is 1.09. The fourth-order valence-electron chi connectivity index (χ4n) is 0.207. The van der Waals surface area contributed by atoms with E-state index in [0.717, 1.165) is 0 Å². The fourth-order valence-corrected chi connectivity index (χ4v) is 0.620. The summed E-state index contributed by atoms with van der Waals surface area (Å²) in [5.74, 6) is -0.855. The van der Waals surface area contributed by atoms with Crippen LogP contribution in [-0.2, 0) is 20.3 Å². The quantitative estimate of drug-likeness (QED) is 0.272. The van der Waals surface area contributed by atoms with E-state index < -0.39 is 23.4 Å². The Morgan fingerprint density at radius 2 is 2.25 bits per heavy atom. The van der Waals surface area contributed by atoms with Gasteiger partial charge in [0.15, 0.2) is 0 Å².